The molecule has 0 aliphatic heterocycles. The number of aliphatic carboxylic acids is 1. The van der Waals surface area contributed by atoms with Crippen LogP contribution in [0.4, 0.5) is 0 Å². The Labute approximate surface area is 167 Å². The van der Waals surface area contributed by atoms with Crippen molar-refractivity contribution in [3.05, 3.63) is 99.5 Å². The van der Waals surface area contributed by atoms with E-state index in [9.17, 15) is 9.90 Å². The monoisotopic (exact) mass is 398 g/mol. The lowest BCUT2D eigenvalue weighted by Gasteiger charge is -2.08. The normalized spacial score (nSPS) is 11.3. The fourth-order valence-electron chi connectivity index (χ4n) is 2.54. The second-order valence-corrected chi connectivity index (χ2v) is 6.65. The molecule has 0 heterocycles. The molecule has 5 heteroatoms. The van der Waals surface area contributed by atoms with E-state index in [1.807, 2.05) is 42.5 Å². The summed E-state index contributed by atoms with van der Waals surface area (Å²) in [6.45, 7) is 0.328. The minimum atomic E-state index is -0.983. The Morgan fingerprint density at radius 3 is 2.41 bits per heavy atom. The van der Waals surface area contributed by atoms with Crippen LogP contribution >= 0.6 is 23.2 Å². The van der Waals surface area contributed by atoms with Gasteiger partial charge in [-0.3, -0.25) is 0 Å². The molecular formula is C22H16Cl2O3. The first-order chi connectivity index (χ1) is 13.0. The highest BCUT2D eigenvalue weighted by molar-refractivity contribution is 6.42. The molecule has 0 radical (unpaired) electrons. The molecule has 3 rings (SSSR count). The summed E-state index contributed by atoms with van der Waals surface area (Å²) in [5.74, 6) is -0.351. The number of carboxylic acid groups (broad SMARTS) is 1. The van der Waals surface area contributed by atoms with Gasteiger partial charge in [0.1, 0.15) is 12.4 Å². The van der Waals surface area contributed by atoms with E-state index in [0.29, 0.717) is 28.0 Å². The number of carbonyl (C=O) groups is 1. The highest BCUT2D eigenvalue weighted by Gasteiger charge is 2.10. The van der Waals surface area contributed by atoms with Gasteiger partial charge in [-0.25, -0.2) is 4.79 Å². The van der Waals surface area contributed by atoms with Crippen LogP contribution in [-0.2, 0) is 11.4 Å². The SMILES string of the molecule is O=C(O)/C(=C\c1cccc(OCc2ccc(Cl)c(Cl)c2)c1)c1ccccc1. The molecule has 3 nitrogen and oxygen atoms in total. The van der Waals surface area contributed by atoms with Gasteiger partial charge in [-0.15, -0.1) is 0 Å². The molecule has 0 spiro atoms. The van der Waals surface area contributed by atoms with Crippen LogP contribution in [0.1, 0.15) is 16.7 Å². The lowest BCUT2D eigenvalue weighted by Crippen LogP contribution is -1.99. The molecule has 0 aliphatic rings. The third-order valence-electron chi connectivity index (χ3n) is 3.87. The minimum Gasteiger partial charge on any atom is -0.489 e. The molecule has 0 atom stereocenters. The molecule has 3 aromatic carbocycles. The van der Waals surface area contributed by atoms with Crippen molar-refractivity contribution >= 4 is 40.8 Å². The molecular weight excluding hydrogens is 383 g/mol. The number of hydrogen-bond donors (Lipinski definition) is 1. The van der Waals surface area contributed by atoms with Gasteiger partial charge in [0.2, 0.25) is 0 Å². The third kappa shape index (κ3) is 5.13. The fraction of sp³-hybridized carbons (Fsp3) is 0.0455. The number of hydrogen-bond acceptors (Lipinski definition) is 2. The van der Waals surface area contributed by atoms with Crippen LogP contribution in [0.5, 0.6) is 5.75 Å². The first kappa shape index (κ1) is 19.0. The van der Waals surface area contributed by atoms with Crippen LogP contribution in [0, 0.1) is 0 Å². The summed E-state index contributed by atoms with van der Waals surface area (Å²) in [7, 11) is 0. The first-order valence-electron chi connectivity index (χ1n) is 8.20. The number of benzene rings is 3. The summed E-state index contributed by atoms with van der Waals surface area (Å²) >= 11 is 11.9. The van der Waals surface area contributed by atoms with Gasteiger partial charge in [0, 0.05) is 0 Å². The predicted octanol–water partition coefficient (Wildman–Crippen LogP) is 6.20. The van der Waals surface area contributed by atoms with E-state index in [2.05, 4.69) is 0 Å². The van der Waals surface area contributed by atoms with Crippen LogP contribution in [-0.4, -0.2) is 11.1 Å². The largest absolute Gasteiger partial charge is 0.489 e. The Hall–Kier alpha value is -2.75. The quantitative estimate of drug-likeness (QED) is 0.397. The zero-order valence-electron chi connectivity index (χ0n) is 14.2. The van der Waals surface area contributed by atoms with Crippen molar-refractivity contribution in [2.24, 2.45) is 0 Å². The average Bonchev–Trinajstić information content (AvgIpc) is 2.68. The molecule has 0 aliphatic carbocycles. The van der Waals surface area contributed by atoms with Gasteiger partial charge in [0.05, 0.1) is 15.6 Å². The van der Waals surface area contributed by atoms with Gasteiger partial charge >= 0.3 is 5.97 Å². The van der Waals surface area contributed by atoms with E-state index in [4.69, 9.17) is 27.9 Å². The van der Waals surface area contributed by atoms with Crippen molar-refractivity contribution in [1.29, 1.82) is 0 Å². The van der Waals surface area contributed by atoms with Crippen molar-refractivity contribution in [2.45, 2.75) is 6.61 Å². The van der Waals surface area contributed by atoms with Crippen molar-refractivity contribution < 1.29 is 14.6 Å². The summed E-state index contributed by atoms with van der Waals surface area (Å²) < 4.78 is 5.80. The molecule has 136 valence electrons. The summed E-state index contributed by atoms with van der Waals surface area (Å²) in [6, 6.07) is 21.6. The van der Waals surface area contributed by atoms with Crippen LogP contribution in [0.2, 0.25) is 10.0 Å². The van der Waals surface area contributed by atoms with E-state index in [1.54, 1.807) is 36.4 Å². The van der Waals surface area contributed by atoms with Crippen molar-refractivity contribution in [3.63, 3.8) is 0 Å². The Balaban J connectivity index is 1.80. The van der Waals surface area contributed by atoms with Gasteiger partial charge in [-0.05, 0) is 47.0 Å². The van der Waals surface area contributed by atoms with Gasteiger partial charge in [0.25, 0.3) is 0 Å². The second-order valence-electron chi connectivity index (χ2n) is 5.84. The Morgan fingerprint density at radius 1 is 0.926 bits per heavy atom. The third-order valence-corrected chi connectivity index (χ3v) is 4.61. The van der Waals surface area contributed by atoms with Crippen molar-refractivity contribution in [2.75, 3.05) is 0 Å². The Morgan fingerprint density at radius 2 is 1.70 bits per heavy atom. The molecule has 0 aromatic heterocycles. The summed E-state index contributed by atoms with van der Waals surface area (Å²) in [5, 5.41) is 10.5. The molecule has 0 fully saturated rings. The maximum Gasteiger partial charge on any atom is 0.336 e. The highest BCUT2D eigenvalue weighted by atomic mass is 35.5. The topological polar surface area (TPSA) is 46.5 Å². The zero-order chi connectivity index (χ0) is 19.2. The van der Waals surface area contributed by atoms with Crippen molar-refractivity contribution in [3.8, 4) is 5.75 Å². The zero-order valence-corrected chi connectivity index (χ0v) is 15.7. The van der Waals surface area contributed by atoms with Gasteiger partial charge in [-0.1, -0.05) is 71.7 Å². The minimum absolute atomic E-state index is 0.220. The molecule has 3 aromatic rings. The summed E-state index contributed by atoms with van der Waals surface area (Å²) in [4.78, 5) is 11.6. The number of halogens is 2. The molecule has 1 N–H and O–H groups in total. The molecule has 0 unspecified atom stereocenters. The molecule has 0 saturated heterocycles. The van der Waals surface area contributed by atoms with Gasteiger partial charge in [-0.2, -0.15) is 0 Å². The standard InChI is InChI=1S/C22H16Cl2O3/c23-20-10-9-16(13-21(20)24)14-27-18-8-4-5-15(11-18)12-19(22(25)26)17-6-2-1-3-7-17/h1-13H,14H2,(H,25,26)/b19-12-. The van der Waals surface area contributed by atoms with E-state index in [1.165, 1.54) is 0 Å². The lowest BCUT2D eigenvalue weighted by atomic mass is 10.0. The maximum atomic E-state index is 11.6. The second kappa shape index (κ2) is 8.76. The number of carboxylic acids is 1. The molecule has 0 saturated carbocycles. The smallest absolute Gasteiger partial charge is 0.336 e. The van der Waals surface area contributed by atoms with Crippen LogP contribution in [0.15, 0.2) is 72.8 Å². The van der Waals surface area contributed by atoms with Gasteiger partial charge < -0.3 is 9.84 Å². The Kier molecular flexibility index (Phi) is 6.17. The number of ether oxygens (including phenoxy) is 1. The fourth-order valence-corrected chi connectivity index (χ4v) is 2.86. The molecule has 27 heavy (non-hydrogen) atoms. The number of rotatable bonds is 6. The highest BCUT2D eigenvalue weighted by Crippen LogP contribution is 2.25. The predicted molar refractivity (Wildman–Crippen MR) is 109 cm³/mol. The van der Waals surface area contributed by atoms with E-state index in [0.717, 1.165) is 11.1 Å². The van der Waals surface area contributed by atoms with Crippen LogP contribution < -0.4 is 4.74 Å². The summed E-state index contributed by atoms with van der Waals surface area (Å²) in [5.41, 5.74) is 2.49. The molecule has 0 bridgehead atoms. The lowest BCUT2D eigenvalue weighted by molar-refractivity contribution is -0.130. The average molecular weight is 399 g/mol. The van der Waals surface area contributed by atoms with E-state index >= 15 is 0 Å². The Bertz CT molecular complexity index is 982. The summed E-state index contributed by atoms with van der Waals surface area (Å²) in [6.07, 6.45) is 1.63. The van der Waals surface area contributed by atoms with Crippen LogP contribution in [0.25, 0.3) is 11.6 Å². The first-order valence-corrected chi connectivity index (χ1v) is 8.96. The maximum absolute atomic E-state index is 11.6. The molecule has 0 amide bonds. The van der Waals surface area contributed by atoms with E-state index in [-0.39, 0.29) is 5.57 Å². The van der Waals surface area contributed by atoms with E-state index < -0.39 is 5.97 Å². The van der Waals surface area contributed by atoms with Gasteiger partial charge in [0.15, 0.2) is 0 Å². The van der Waals surface area contributed by atoms with Crippen molar-refractivity contribution in [1.82, 2.24) is 0 Å². The van der Waals surface area contributed by atoms with Crippen LogP contribution in [0.3, 0.4) is 0 Å².